The average Bonchev–Trinajstić information content (AvgIpc) is 3.32. The van der Waals surface area contributed by atoms with Gasteiger partial charge in [0.2, 0.25) is 0 Å². The van der Waals surface area contributed by atoms with E-state index >= 15 is 0 Å². The van der Waals surface area contributed by atoms with Crippen LogP contribution in [0.5, 0.6) is 0 Å². The van der Waals surface area contributed by atoms with Crippen molar-refractivity contribution in [2.75, 3.05) is 51.6 Å². The minimum Gasteiger partial charge on any atom is -0.382 e. The molecule has 2 fully saturated rings. The fourth-order valence-corrected chi connectivity index (χ4v) is 6.21. The van der Waals surface area contributed by atoms with Gasteiger partial charge in [0, 0.05) is 59.6 Å². The largest absolute Gasteiger partial charge is 0.382 e. The van der Waals surface area contributed by atoms with E-state index in [0.29, 0.717) is 18.3 Å². The van der Waals surface area contributed by atoms with Gasteiger partial charge in [-0.2, -0.15) is 0 Å². The van der Waals surface area contributed by atoms with Crippen molar-refractivity contribution in [1.82, 2.24) is 29.7 Å². The summed E-state index contributed by atoms with van der Waals surface area (Å²) >= 11 is 0. The molecular formula is C32H41N7O. The summed E-state index contributed by atoms with van der Waals surface area (Å²) in [4.78, 5) is 27.3. The minimum absolute atomic E-state index is 0.0140. The fraction of sp³-hybridized carbons (Fsp3) is 0.469. The van der Waals surface area contributed by atoms with Gasteiger partial charge in [0.25, 0.3) is 5.91 Å². The molecule has 8 heteroatoms. The maximum absolute atomic E-state index is 13.1. The molecule has 6 rings (SSSR count). The molecule has 2 saturated heterocycles. The number of carbonyl (C=O) groups excluding carboxylic acids is 1. The molecular weight excluding hydrogens is 498 g/mol. The number of carbonyl (C=O) groups is 1. The van der Waals surface area contributed by atoms with Crippen LogP contribution >= 0.6 is 0 Å². The summed E-state index contributed by atoms with van der Waals surface area (Å²) in [7, 11) is 4.15. The highest BCUT2D eigenvalue weighted by Gasteiger charge is 2.19. The molecule has 0 aliphatic carbocycles. The van der Waals surface area contributed by atoms with Gasteiger partial charge in [0.1, 0.15) is 5.69 Å². The smallest absolute Gasteiger partial charge is 0.267 e. The number of hydrogen-bond acceptors (Lipinski definition) is 6. The summed E-state index contributed by atoms with van der Waals surface area (Å²) in [6.45, 7) is 6.35. The Hall–Kier alpha value is -3.49. The molecule has 2 aliphatic rings. The topological polar surface area (TPSA) is 78.3 Å². The molecule has 1 amide bonds. The van der Waals surface area contributed by atoms with Crippen LogP contribution in [0.4, 0.5) is 5.69 Å². The first-order valence-corrected chi connectivity index (χ1v) is 14.9. The van der Waals surface area contributed by atoms with Crippen molar-refractivity contribution in [3.05, 3.63) is 54.5 Å². The van der Waals surface area contributed by atoms with Crippen LogP contribution in [-0.4, -0.2) is 82.6 Å². The molecule has 40 heavy (non-hydrogen) atoms. The molecule has 2 N–H and O–H groups in total. The molecule has 8 nitrogen and oxygen atoms in total. The number of fused-ring (bicyclic) bond motifs is 2. The zero-order valence-electron chi connectivity index (χ0n) is 23.8. The molecule has 5 heterocycles. The molecule has 0 spiro atoms. The van der Waals surface area contributed by atoms with E-state index in [0.717, 1.165) is 77.6 Å². The van der Waals surface area contributed by atoms with E-state index in [4.69, 9.17) is 4.98 Å². The lowest BCUT2D eigenvalue weighted by atomic mass is 10.0. The second kappa shape index (κ2) is 11.9. The number of nitrogens with zero attached hydrogens (tertiary/aromatic N) is 5. The molecule has 0 radical (unpaired) electrons. The second-order valence-electron chi connectivity index (χ2n) is 11.5. The van der Waals surface area contributed by atoms with Crippen molar-refractivity contribution in [3.63, 3.8) is 0 Å². The Labute approximate surface area is 236 Å². The highest BCUT2D eigenvalue weighted by molar-refractivity contribution is 6.00. The summed E-state index contributed by atoms with van der Waals surface area (Å²) in [6, 6.07) is 12.9. The van der Waals surface area contributed by atoms with Gasteiger partial charge in [0.15, 0.2) is 0 Å². The average molecular weight is 540 g/mol. The van der Waals surface area contributed by atoms with Crippen LogP contribution in [0.15, 0.2) is 48.8 Å². The summed E-state index contributed by atoms with van der Waals surface area (Å²) in [5, 5.41) is 9.03. The highest BCUT2D eigenvalue weighted by Crippen LogP contribution is 2.31. The van der Waals surface area contributed by atoms with Crippen molar-refractivity contribution < 1.29 is 4.79 Å². The van der Waals surface area contributed by atoms with Gasteiger partial charge in [-0.15, -0.1) is 0 Å². The van der Waals surface area contributed by atoms with Crippen LogP contribution in [0.2, 0.25) is 0 Å². The number of pyridine rings is 2. The van der Waals surface area contributed by atoms with Crippen molar-refractivity contribution >= 4 is 33.4 Å². The first-order chi connectivity index (χ1) is 19.5. The third kappa shape index (κ3) is 5.83. The van der Waals surface area contributed by atoms with Crippen LogP contribution < -0.4 is 10.6 Å². The molecule has 0 unspecified atom stereocenters. The van der Waals surface area contributed by atoms with E-state index in [2.05, 4.69) is 56.7 Å². The first kappa shape index (κ1) is 26.7. The molecule has 2 aliphatic heterocycles. The van der Waals surface area contributed by atoms with Crippen molar-refractivity contribution in [2.24, 2.45) is 7.05 Å². The maximum Gasteiger partial charge on any atom is 0.267 e. The lowest BCUT2D eigenvalue weighted by Crippen LogP contribution is -2.36. The summed E-state index contributed by atoms with van der Waals surface area (Å²) in [5.41, 5.74) is 5.70. The van der Waals surface area contributed by atoms with Gasteiger partial charge in [-0.05, 0) is 102 Å². The fourth-order valence-electron chi connectivity index (χ4n) is 6.21. The van der Waals surface area contributed by atoms with Gasteiger partial charge < -0.3 is 25.0 Å². The van der Waals surface area contributed by atoms with E-state index in [-0.39, 0.29) is 5.91 Å². The number of nitrogens with one attached hydrogen (secondary N) is 2. The van der Waals surface area contributed by atoms with Gasteiger partial charge in [-0.25, -0.2) is 4.98 Å². The van der Waals surface area contributed by atoms with Crippen LogP contribution in [0, 0.1) is 0 Å². The van der Waals surface area contributed by atoms with E-state index in [9.17, 15) is 4.79 Å². The normalized spacial score (nSPS) is 17.4. The number of rotatable bonds is 8. The van der Waals surface area contributed by atoms with Gasteiger partial charge in [-0.1, -0.05) is 12.5 Å². The zero-order valence-corrected chi connectivity index (χ0v) is 23.8. The Kier molecular flexibility index (Phi) is 7.98. The Balaban J connectivity index is 1.20. The standard InChI is InChI=1S/C32H41N7O/c1-37-17-10-25(11-18-37)35-29-21-28(36-27-9-13-33-22-26(27)29)23-7-8-30-24(19-23)20-31(38(30)2)32(40)34-12-6-16-39-14-4-3-5-15-39/h7-9,13,19-22,25H,3-6,10-12,14-18H2,1-2H3,(H,34,40)(H,35,36). The lowest BCUT2D eigenvalue weighted by Gasteiger charge is -2.30. The number of hydrogen-bond donors (Lipinski definition) is 2. The van der Waals surface area contributed by atoms with Gasteiger partial charge in [0.05, 0.1) is 11.2 Å². The monoisotopic (exact) mass is 539 g/mol. The maximum atomic E-state index is 13.1. The Morgan fingerprint density at radius 1 is 1.00 bits per heavy atom. The number of likely N-dealkylation sites (tertiary alicyclic amines) is 2. The van der Waals surface area contributed by atoms with E-state index in [1.165, 1.54) is 32.4 Å². The number of benzene rings is 1. The Morgan fingerprint density at radius 2 is 1.82 bits per heavy atom. The summed E-state index contributed by atoms with van der Waals surface area (Å²) in [6.07, 6.45) is 10.9. The zero-order chi connectivity index (χ0) is 27.5. The van der Waals surface area contributed by atoms with Crippen LogP contribution in [0.1, 0.15) is 49.0 Å². The van der Waals surface area contributed by atoms with Crippen LogP contribution in [-0.2, 0) is 7.05 Å². The van der Waals surface area contributed by atoms with Crippen molar-refractivity contribution in [1.29, 1.82) is 0 Å². The number of piperidine rings is 2. The van der Waals surface area contributed by atoms with E-state index < -0.39 is 0 Å². The third-order valence-electron chi connectivity index (χ3n) is 8.64. The number of anilines is 1. The lowest BCUT2D eigenvalue weighted by molar-refractivity contribution is 0.0943. The summed E-state index contributed by atoms with van der Waals surface area (Å²) < 4.78 is 1.99. The molecule has 0 bridgehead atoms. The molecule has 4 aromatic rings. The molecule has 210 valence electrons. The number of aromatic nitrogens is 3. The SMILES string of the molecule is CN1CCC(Nc2cc(-c3ccc4c(c3)cc(C(=O)NCCCN3CCCCC3)n4C)nc3ccncc23)CC1. The first-order valence-electron chi connectivity index (χ1n) is 14.9. The van der Waals surface area contributed by atoms with Gasteiger partial charge >= 0.3 is 0 Å². The van der Waals surface area contributed by atoms with Gasteiger partial charge in [-0.3, -0.25) is 9.78 Å². The molecule has 1 aromatic carbocycles. The van der Waals surface area contributed by atoms with Crippen molar-refractivity contribution in [3.8, 4) is 11.3 Å². The van der Waals surface area contributed by atoms with E-state index in [1.54, 1.807) is 6.20 Å². The highest BCUT2D eigenvalue weighted by atomic mass is 16.1. The predicted molar refractivity (Wildman–Crippen MR) is 163 cm³/mol. The van der Waals surface area contributed by atoms with E-state index in [1.807, 2.05) is 29.9 Å². The number of amides is 1. The molecule has 0 atom stereocenters. The summed E-state index contributed by atoms with van der Waals surface area (Å²) in [5.74, 6) is -0.0140. The predicted octanol–water partition coefficient (Wildman–Crippen LogP) is 4.90. The van der Waals surface area contributed by atoms with Crippen LogP contribution in [0.25, 0.3) is 33.1 Å². The molecule has 3 aromatic heterocycles. The third-order valence-corrected chi connectivity index (χ3v) is 8.64. The quantitative estimate of drug-likeness (QED) is 0.310. The molecule has 0 saturated carbocycles. The Morgan fingerprint density at radius 3 is 2.65 bits per heavy atom. The minimum atomic E-state index is -0.0140. The van der Waals surface area contributed by atoms with Crippen molar-refractivity contribution in [2.45, 2.75) is 44.6 Å². The van der Waals surface area contributed by atoms with Crippen LogP contribution in [0.3, 0.4) is 0 Å². The Bertz CT molecular complexity index is 1480. The number of aryl methyl sites for hydroxylation is 1. The second-order valence-corrected chi connectivity index (χ2v) is 11.5.